The van der Waals surface area contributed by atoms with Crippen molar-refractivity contribution in [3.05, 3.63) is 29.3 Å². The zero-order chi connectivity index (χ0) is 14.6. The first kappa shape index (κ1) is 15.5. The Hall–Kier alpha value is -1.58. The highest BCUT2D eigenvalue weighted by molar-refractivity contribution is 7.89. The molecule has 0 saturated heterocycles. The van der Waals surface area contributed by atoms with Gasteiger partial charge in [0.05, 0.1) is 5.56 Å². The lowest BCUT2D eigenvalue weighted by Gasteiger charge is -2.08. The summed E-state index contributed by atoms with van der Waals surface area (Å²) in [5.74, 6) is -4.72. The molecule has 1 rings (SSSR count). The van der Waals surface area contributed by atoms with Gasteiger partial charge in [0.15, 0.2) is 11.6 Å². The number of aromatic carboxylic acids is 1. The number of nitrogens with two attached hydrogens (primary N) is 1. The van der Waals surface area contributed by atoms with E-state index in [0.717, 1.165) is 0 Å². The second-order valence-electron chi connectivity index (χ2n) is 3.62. The van der Waals surface area contributed by atoms with Gasteiger partial charge in [0.25, 0.3) is 0 Å². The molecule has 0 saturated carbocycles. The summed E-state index contributed by atoms with van der Waals surface area (Å²) >= 11 is 0. The second-order valence-corrected chi connectivity index (χ2v) is 5.35. The summed E-state index contributed by atoms with van der Waals surface area (Å²) < 4.78 is 52.0. The van der Waals surface area contributed by atoms with Gasteiger partial charge in [-0.2, -0.15) is 0 Å². The molecule has 0 radical (unpaired) electrons. The molecule has 0 aliphatic carbocycles. The lowest BCUT2D eigenvalue weighted by atomic mass is 10.2. The van der Waals surface area contributed by atoms with E-state index in [2.05, 4.69) is 0 Å². The Morgan fingerprint density at radius 2 is 2.00 bits per heavy atom. The predicted octanol–water partition coefficient (Wildman–Crippen LogP) is 0.290. The molecule has 6 nitrogen and oxygen atoms in total. The van der Waals surface area contributed by atoms with E-state index in [4.69, 9.17) is 10.8 Å². The fraction of sp³-hybridized carbons (Fsp3) is 0.300. The van der Waals surface area contributed by atoms with Gasteiger partial charge in [0.2, 0.25) is 10.0 Å². The minimum Gasteiger partial charge on any atom is -0.478 e. The van der Waals surface area contributed by atoms with Crippen LogP contribution in [-0.4, -0.2) is 32.6 Å². The van der Waals surface area contributed by atoms with Crippen molar-refractivity contribution in [1.29, 1.82) is 0 Å². The van der Waals surface area contributed by atoms with Gasteiger partial charge in [-0.15, -0.1) is 0 Å². The van der Waals surface area contributed by atoms with Crippen molar-refractivity contribution in [2.75, 3.05) is 13.1 Å². The molecule has 0 aliphatic rings. The maximum absolute atomic E-state index is 13.4. The number of hydrogen-bond acceptors (Lipinski definition) is 4. The van der Waals surface area contributed by atoms with E-state index in [-0.39, 0.29) is 13.1 Å². The van der Waals surface area contributed by atoms with Crippen LogP contribution in [0.4, 0.5) is 8.78 Å². The lowest BCUT2D eigenvalue weighted by molar-refractivity contribution is 0.0696. The number of hydrogen-bond donors (Lipinski definition) is 3. The first-order valence-corrected chi connectivity index (χ1v) is 6.70. The van der Waals surface area contributed by atoms with E-state index in [1.165, 1.54) is 0 Å². The molecule has 0 atom stereocenters. The Kier molecular flexibility index (Phi) is 4.92. The largest absolute Gasteiger partial charge is 0.478 e. The molecule has 0 heterocycles. The van der Waals surface area contributed by atoms with Crippen LogP contribution in [0, 0.1) is 11.6 Å². The van der Waals surface area contributed by atoms with Gasteiger partial charge in [0, 0.05) is 6.54 Å². The molecule has 4 N–H and O–H groups in total. The molecule has 0 aliphatic heterocycles. The Morgan fingerprint density at radius 1 is 1.37 bits per heavy atom. The van der Waals surface area contributed by atoms with Crippen LogP contribution in [0.3, 0.4) is 0 Å². The van der Waals surface area contributed by atoms with Gasteiger partial charge >= 0.3 is 5.97 Å². The van der Waals surface area contributed by atoms with Crippen molar-refractivity contribution in [3.8, 4) is 0 Å². The molecule has 9 heteroatoms. The van der Waals surface area contributed by atoms with Gasteiger partial charge < -0.3 is 10.8 Å². The number of sulfonamides is 1. The van der Waals surface area contributed by atoms with Crippen molar-refractivity contribution in [1.82, 2.24) is 4.72 Å². The van der Waals surface area contributed by atoms with Crippen LogP contribution in [0.2, 0.25) is 0 Å². The molecule has 0 bridgehead atoms. The van der Waals surface area contributed by atoms with Crippen LogP contribution in [0.5, 0.6) is 0 Å². The Labute approximate surface area is 108 Å². The normalized spacial score (nSPS) is 11.5. The Balaban J connectivity index is 3.21. The van der Waals surface area contributed by atoms with Crippen molar-refractivity contribution in [2.24, 2.45) is 5.73 Å². The summed E-state index contributed by atoms with van der Waals surface area (Å²) in [5, 5.41) is 8.68. The number of carboxylic acids is 1. The van der Waals surface area contributed by atoms with Crippen LogP contribution in [-0.2, 0) is 10.0 Å². The lowest BCUT2D eigenvalue weighted by Crippen LogP contribution is -2.27. The average Bonchev–Trinajstić information content (AvgIpc) is 2.32. The average molecular weight is 294 g/mol. The molecule has 19 heavy (non-hydrogen) atoms. The van der Waals surface area contributed by atoms with Crippen molar-refractivity contribution < 1.29 is 27.1 Å². The first-order valence-electron chi connectivity index (χ1n) is 5.21. The minimum atomic E-state index is -4.33. The number of benzene rings is 1. The molecule has 1 aromatic carbocycles. The topological polar surface area (TPSA) is 109 Å². The second kappa shape index (κ2) is 6.04. The zero-order valence-corrected chi connectivity index (χ0v) is 10.5. The number of carboxylic acid groups (broad SMARTS) is 1. The summed E-state index contributed by atoms with van der Waals surface area (Å²) in [5.41, 5.74) is 4.51. The van der Waals surface area contributed by atoms with Crippen LogP contribution in [0.15, 0.2) is 17.0 Å². The standard InChI is InChI=1S/C10H12F2N2O4S/c11-7-4-6(10(15)16)5-8(9(7)12)19(17,18)14-3-1-2-13/h4-5,14H,1-3,13H2,(H,15,16). The summed E-state index contributed by atoms with van der Waals surface area (Å²) in [6.45, 7) is 0.158. The third kappa shape index (κ3) is 3.69. The number of nitrogens with one attached hydrogen (secondary N) is 1. The molecular weight excluding hydrogens is 282 g/mol. The van der Waals surface area contributed by atoms with Gasteiger partial charge in [-0.25, -0.2) is 26.7 Å². The molecule has 1 aromatic rings. The SMILES string of the molecule is NCCCNS(=O)(=O)c1cc(C(=O)O)cc(F)c1F. The van der Waals surface area contributed by atoms with E-state index in [1.54, 1.807) is 0 Å². The van der Waals surface area contributed by atoms with Crippen molar-refractivity contribution in [2.45, 2.75) is 11.3 Å². The summed E-state index contributed by atoms with van der Waals surface area (Å²) in [6.07, 6.45) is 0.307. The number of rotatable bonds is 6. The zero-order valence-electron chi connectivity index (χ0n) is 9.69. The van der Waals surface area contributed by atoms with Gasteiger partial charge in [-0.3, -0.25) is 0 Å². The van der Waals surface area contributed by atoms with Crippen LogP contribution in [0.1, 0.15) is 16.8 Å². The third-order valence-corrected chi connectivity index (χ3v) is 3.66. The molecular formula is C10H12F2N2O4S. The fourth-order valence-corrected chi connectivity index (χ4v) is 2.45. The Bertz CT molecular complexity index is 589. The highest BCUT2D eigenvalue weighted by Gasteiger charge is 2.24. The smallest absolute Gasteiger partial charge is 0.335 e. The number of halogens is 2. The number of carbonyl (C=O) groups is 1. The maximum Gasteiger partial charge on any atom is 0.335 e. The van der Waals surface area contributed by atoms with Gasteiger partial charge in [-0.05, 0) is 25.1 Å². The van der Waals surface area contributed by atoms with E-state index in [9.17, 15) is 22.0 Å². The van der Waals surface area contributed by atoms with Crippen molar-refractivity contribution >= 4 is 16.0 Å². The van der Waals surface area contributed by atoms with Gasteiger partial charge in [-0.1, -0.05) is 0 Å². The van der Waals surface area contributed by atoms with E-state index in [0.29, 0.717) is 18.6 Å². The summed E-state index contributed by atoms with van der Waals surface area (Å²) in [4.78, 5) is 9.64. The fourth-order valence-electron chi connectivity index (χ4n) is 1.27. The molecule has 106 valence electrons. The van der Waals surface area contributed by atoms with Crippen LogP contribution in [0.25, 0.3) is 0 Å². The third-order valence-electron chi connectivity index (χ3n) is 2.20. The quantitative estimate of drug-likeness (QED) is 0.653. The molecule has 0 aromatic heterocycles. The minimum absolute atomic E-state index is 0.0583. The first-order chi connectivity index (χ1) is 8.79. The van der Waals surface area contributed by atoms with Gasteiger partial charge in [0.1, 0.15) is 4.90 Å². The highest BCUT2D eigenvalue weighted by Crippen LogP contribution is 2.19. The molecule has 0 amide bonds. The monoisotopic (exact) mass is 294 g/mol. The van der Waals surface area contributed by atoms with E-state index < -0.39 is 38.1 Å². The van der Waals surface area contributed by atoms with E-state index >= 15 is 0 Å². The van der Waals surface area contributed by atoms with Crippen LogP contribution < -0.4 is 10.5 Å². The predicted molar refractivity (Wildman–Crippen MR) is 62.2 cm³/mol. The van der Waals surface area contributed by atoms with E-state index in [1.807, 2.05) is 4.72 Å². The van der Waals surface area contributed by atoms with Crippen LogP contribution >= 0.6 is 0 Å². The molecule has 0 unspecified atom stereocenters. The molecule has 0 spiro atoms. The highest BCUT2D eigenvalue weighted by atomic mass is 32.2. The maximum atomic E-state index is 13.4. The summed E-state index contributed by atoms with van der Waals surface area (Å²) in [6, 6.07) is 0.974. The molecule has 0 fully saturated rings. The Morgan fingerprint density at radius 3 is 2.53 bits per heavy atom. The summed E-state index contributed by atoms with van der Waals surface area (Å²) in [7, 11) is -4.33. The van der Waals surface area contributed by atoms with Crippen molar-refractivity contribution in [3.63, 3.8) is 0 Å².